The van der Waals surface area contributed by atoms with Crippen LogP contribution in [0.5, 0.6) is 0 Å². The highest BCUT2D eigenvalue weighted by molar-refractivity contribution is 6.05. The molecule has 2 aromatic rings. The normalized spacial score (nSPS) is 24.3. The number of rotatable bonds is 13. The molecule has 11 nitrogen and oxygen atoms in total. The largest absolute Gasteiger partial charge is 0.469 e. The van der Waals surface area contributed by atoms with E-state index in [4.69, 9.17) is 24.2 Å². The van der Waals surface area contributed by atoms with Gasteiger partial charge in [0.15, 0.2) is 0 Å². The third kappa shape index (κ3) is 8.46. The molecule has 2 aromatic carbocycles. The van der Waals surface area contributed by atoms with Crippen molar-refractivity contribution < 1.29 is 33.4 Å². The number of allylic oxidation sites excluding steroid dienone is 2. The van der Waals surface area contributed by atoms with Crippen molar-refractivity contribution in [1.82, 2.24) is 9.80 Å². The van der Waals surface area contributed by atoms with Crippen LogP contribution in [-0.2, 0) is 45.4 Å². The number of fused-ring (bicyclic) bond motifs is 2. The summed E-state index contributed by atoms with van der Waals surface area (Å²) in [4.78, 5) is 66.0. The van der Waals surface area contributed by atoms with E-state index < -0.39 is 11.8 Å². The van der Waals surface area contributed by atoms with Crippen LogP contribution in [0.15, 0.2) is 58.8 Å². The zero-order valence-corrected chi connectivity index (χ0v) is 37.5. The monoisotopic (exact) mass is 844 g/mol. The standard InChI is InChI=1S/C51H64N4O7/c1-31(2)40(27-46(56)60-5)49(58)54-22-8-12-44(54)42-25-35(29-52-42)33-14-16-34(17-15-33)38-19-18-37(39-11-7-20-51(48(38)39)21-10-24-62-51)36-26-43(53-30-36)45-13-9-23-55(45)50(59)41(32(3)4)28-47(57)61-6/h14-19,29-32,40-41,44-45H,7-13,20-28H2,1-6H3/t40-,41-,44-,45-,51?/m0/s1. The number of likely N-dealkylation sites (tertiary alicyclic amines) is 2. The van der Waals surface area contributed by atoms with Gasteiger partial charge in [-0.15, -0.1) is 0 Å². The summed E-state index contributed by atoms with van der Waals surface area (Å²) < 4.78 is 16.6. The zero-order chi connectivity index (χ0) is 43.7. The molecule has 0 bridgehead atoms. The Kier molecular flexibility index (Phi) is 13.0. The second-order valence-electron chi connectivity index (χ2n) is 18.9. The Hall–Kier alpha value is -4.90. The van der Waals surface area contributed by atoms with E-state index in [1.807, 2.05) is 49.9 Å². The lowest BCUT2D eigenvalue weighted by Crippen LogP contribution is -2.45. The summed E-state index contributed by atoms with van der Waals surface area (Å²) in [7, 11) is 2.75. The average Bonchev–Trinajstić information content (AvgIpc) is 4.14. The number of carbonyl (C=O) groups is 4. The molecule has 3 saturated heterocycles. The second kappa shape index (κ2) is 18.4. The summed E-state index contributed by atoms with van der Waals surface area (Å²) in [6.45, 7) is 10.1. The molecule has 5 heterocycles. The van der Waals surface area contributed by atoms with Gasteiger partial charge in [0.25, 0.3) is 0 Å². The van der Waals surface area contributed by atoms with E-state index in [0.29, 0.717) is 25.9 Å². The SMILES string of the molecule is COC(=O)C[C@H](C(=O)N1CCC[C@H]1C1=NC=C(c2ccc(-c3ccc(C4=CN=C([C@@H]5CCCN5C(=O)[C@@H](CC(=O)OC)C(C)C)C4)c4c3C3(CCCO3)CCC4)cc2)C1)C(C)C. The highest BCUT2D eigenvalue weighted by atomic mass is 16.5. The molecule has 8 rings (SSSR count). The molecule has 2 amide bonds. The van der Waals surface area contributed by atoms with E-state index in [2.05, 4.69) is 36.4 Å². The van der Waals surface area contributed by atoms with Gasteiger partial charge in [-0.1, -0.05) is 64.1 Å². The molecule has 3 fully saturated rings. The van der Waals surface area contributed by atoms with Gasteiger partial charge in [0.2, 0.25) is 11.8 Å². The Labute approximate surface area is 367 Å². The minimum absolute atomic E-state index is 0.0183. The van der Waals surface area contributed by atoms with E-state index >= 15 is 0 Å². The molecule has 5 aliphatic heterocycles. The molecule has 1 spiro atoms. The summed E-state index contributed by atoms with van der Waals surface area (Å²) in [5.74, 6) is -1.45. The van der Waals surface area contributed by atoms with Gasteiger partial charge in [-0.05, 0) is 114 Å². The van der Waals surface area contributed by atoms with Gasteiger partial charge in [0.1, 0.15) is 0 Å². The van der Waals surface area contributed by atoms with Crippen LogP contribution in [0.25, 0.3) is 22.3 Å². The van der Waals surface area contributed by atoms with E-state index in [-0.39, 0.29) is 66.1 Å². The van der Waals surface area contributed by atoms with Crippen molar-refractivity contribution in [2.24, 2.45) is 33.7 Å². The number of esters is 2. The number of nitrogens with zero attached hydrogens (tertiary/aromatic N) is 4. The van der Waals surface area contributed by atoms with Crippen LogP contribution in [0.4, 0.5) is 0 Å². The molecule has 11 heteroatoms. The number of hydrogen-bond donors (Lipinski definition) is 0. The van der Waals surface area contributed by atoms with Crippen LogP contribution in [0, 0.1) is 23.7 Å². The summed E-state index contributed by atoms with van der Waals surface area (Å²) >= 11 is 0. The Morgan fingerprint density at radius 1 is 0.694 bits per heavy atom. The lowest BCUT2D eigenvalue weighted by molar-refractivity contribution is -0.148. The van der Waals surface area contributed by atoms with Crippen molar-refractivity contribution in [2.75, 3.05) is 33.9 Å². The fraction of sp³-hybridized carbons (Fsp3) is 0.569. The number of methoxy groups -OCH3 is 2. The van der Waals surface area contributed by atoms with Crippen molar-refractivity contribution in [1.29, 1.82) is 0 Å². The predicted octanol–water partition coefficient (Wildman–Crippen LogP) is 8.72. The van der Waals surface area contributed by atoms with Crippen LogP contribution in [0.3, 0.4) is 0 Å². The van der Waals surface area contributed by atoms with Crippen molar-refractivity contribution in [3.8, 4) is 11.1 Å². The first-order chi connectivity index (χ1) is 29.9. The van der Waals surface area contributed by atoms with Crippen molar-refractivity contribution in [2.45, 2.75) is 129 Å². The van der Waals surface area contributed by atoms with Crippen molar-refractivity contribution >= 4 is 46.3 Å². The molecule has 62 heavy (non-hydrogen) atoms. The van der Waals surface area contributed by atoms with Gasteiger partial charge in [0.05, 0.1) is 56.6 Å². The molecule has 330 valence electrons. The van der Waals surface area contributed by atoms with Crippen LogP contribution in [-0.4, -0.2) is 91.0 Å². The lowest BCUT2D eigenvalue weighted by atomic mass is 9.71. The van der Waals surface area contributed by atoms with Gasteiger partial charge in [-0.25, -0.2) is 0 Å². The Bertz CT molecular complexity index is 2190. The van der Waals surface area contributed by atoms with Crippen LogP contribution < -0.4 is 0 Å². The van der Waals surface area contributed by atoms with Crippen LogP contribution >= 0.6 is 0 Å². The third-order valence-electron chi connectivity index (χ3n) is 14.6. The summed E-state index contributed by atoms with van der Waals surface area (Å²) in [5, 5.41) is 0. The zero-order valence-electron chi connectivity index (χ0n) is 37.5. The Morgan fingerprint density at radius 3 is 1.74 bits per heavy atom. The summed E-state index contributed by atoms with van der Waals surface area (Å²) in [5.41, 5.74) is 11.5. The number of aliphatic imine (C=N–C) groups is 2. The molecule has 5 atom stereocenters. The third-order valence-corrected chi connectivity index (χ3v) is 14.6. The lowest BCUT2D eigenvalue weighted by Gasteiger charge is -2.38. The molecule has 0 aromatic heterocycles. The molecular formula is C51H64N4O7. The van der Waals surface area contributed by atoms with Gasteiger partial charge in [0, 0.05) is 56.4 Å². The topological polar surface area (TPSA) is 127 Å². The van der Waals surface area contributed by atoms with Gasteiger partial charge in [-0.2, -0.15) is 0 Å². The van der Waals surface area contributed by atoms with E-state index in [1.165, 1.54) is 42.0 Å². The smallest absolute Gasteiger partial charge is 0.306 e. The Balaban J connectivity index is 0.995. The summed E-state index contributed by atoms with van der Waals surface area (Å²) in [6.07, 6.45) is 14.2. The fourth-order valence-electron chi connectivity index (χ4n) is 11.2. The minimum atomic E-state index is -0.418. The molecule has 0 radical (unpaired) electrons. The number of benzene rings is 2. The maximum absolute atomic E-state index is 13.9. The van der Waals surface area contributed by atoms with E-state index in [9.17, 15) is 19.2 Å². The molecule has 1 unspecified atom stereocenters. The van der Waals surface area contributed by atoms with Gasteiger partial charge in [-0.3, -0.25) is 29.2 Å². The minimum Gasteiger partial charge on any atom is -0.469 e. The van der Waals surface area contributed by atoms with Crippen molar-refractivity contribution in [3.05, 3.63) is 71.1 Å². The first-order valence-corrected chi connectivity index (χ1v) is 23.1. The average molecular weight is 845 g/mol. The first kappa shape index (κ1) is 43.7. The number of hydrogen-bond acceptors (Lipinski definition) is 9. The quantitative estimate of drug-likeness (QED) is 0.185. The highest BCUT2D eigenvalue weighted by Gasteiger charge is 2.45. The maximum Gasteiger partial charge on any atom is 0.306 e. The fourth-order valence-corrected chi connectivity index (χ4v) is 11.2. The van der Waals surface area contributed by atoms with Gasteiger partial charge < -0.3 is 24.0 Å². The highest BCUT2D eigenvalue weighted by Crippen LogP contribution is 2.51. The molecule has 0 N–H and O–H groups in total. The summed E-state index contributed by atoms with van der Waals surface area (Å²) in [6, 6.07) is 13.3. The Morgan fingerprint density at radius 2 is 1.21 bits per heavy atom. The maximum atomic E-state index is 13.9. The molecule has 1 aliphatic carbocycles. The predicted molar refractivity (Wildman–Crippen MR) is 241 cm³/mol. The molecule has 6 aliphatic rings. The number of ether oxygens (including phenoxy) is 3. The molecular weight excluding hydrogens is 781 g/mol. The van der Waals surface area contributed by atoms with Crippen LogP contribution in [0.1, 0.15) is 127 Å². The molecule has 0 saturated carbocycles. The van der Waals surface area contributed by atoms with Crippen molar-refractivity contribution in [3.63, 3.8) is 0 Å². The number of carbonyl (C=O) groups excluding carboxylic acids is 4. The van der Waals surface area contributed by atoms with E-state index in [0.717, 1.165) is 92.5 Å². The van der Waals surface area contributed by atoms with Gasteiger partial charge >= 0.3 is 11.9 Å². The van der Waals surface area contributed by atoms with E-state index in [1.54, 1.807) is 0 Å². The second-order valence-corrected chi connectivity index (χ2v) is 18.9. The van der Waals surface area contributed by atoms with Crippen LogP contribution in [0.2, 0.25) is 0 Å². The first-order valence-electron chi connectivity index (χ1n) is 23.1. The number of amides is 2.